The van der Waals surface area contributed by atoms with Crippen LogP contribution in [-0.4, -0.2) is 103 Å². The third-order valence-corrected chi connectivity index (χ3v) is 4.87. The van der Waals surface area contributed by atoms with Crippen molar-refractivity contribution in [2.75, 3.05) is 81.4 Å². The second-order valence-corrected chi connectivity index (χ2v) is 7.22. The second kappa shape index (κ2) is 12.9. The van der Waals surface area contributed by atoms with E-state index >= 15 is 0 Å². The minimum absolute atomic E-state index is 0.0320. The zero-order valence-corrected chi connectivity index (χ0v) is 19.2. The molecule has 0 aliphatic carbocycles. The number of amides is 1. The molecule has 1 aliphatic heterocycles. The molecule has 0 atom stereocenters. The first-order valence-corrected chi connectivity index (χ1v) is 10.3. The zero-order chi connectivity index (χ0) is 22.6. The van der Waals surface area contributed by atoms with Gasteiger partial charge in [-0.2, -0.15) is 0 Å². The number of rotatable bonds is 10. The van der Waals surface area contributed by atoms with Gasteiger partial charge in [0.25, 0.3) is 0 Å². The number of nitrogens with one attached hydrogen (secondary N) is 2. The van der Waals surface area contributed by atoms with Gasteiger partial charge in [0.15, 0.2) is 17.5 Å². The quantitative estimate of drug-likeness (QED) is 0.395. The van der Waals surface area contributed by atoms with Crippen molar-refractivity contribution in [1.82, 2.24) is 20.4 Å². The summed E-state index contributed by atoms with van der Waals surface area (Å²) in [5.41, 5.74) is 0.891. The Labute approximate surface area is 184 Å². The van der Waals surface area contributed by atoms with Gasteiger partial charge < -0.3 is 34.5 Å². The van der Waals surface area contributed by atoms with E-state index in [1.165, 1.54) is 4.90 Å². The molecule has 0 radical (unpaired) electrons. The number of likely N-dealkylation sites (N-methyl/N-ethyl adjacent to an activating group) is 1. The monoisotopic (exact) mass is 437 g/mol. The molecule has 31 heavy (non-hydrogen) atoms. The maximum absolute atomic E-state index is 12.0. The lowest BCUT2D eigenvalue weighted by atomic mass is 10.2. The number of nitrogens with zero attached hydrogens (tertiary/aromatic N) is 3. The maximum atomic E-state index is 12.0. The number of morpholine rings is 1. The summed E-state index contributed by atoms with van der Waals surface area (Å²) in [5.74, 6) is 2.22. The van der Waals surface area contributed by atoms with Gasteiger partial charge in [0, 0.05) is 40.3 Å². The summed E-state index contributed by atoms with van der Waals surface area (Å²) in [6, 6.07) is 3.72. The van der Waals surface area contributed by atoms with Gasteiger partial charge in [0.2, 0.25) is 11.7 Å². The van der Waals surface area contributed by atoms with Crippen molar-refractivity contribution in [3.63, 3.8) is 0 Å². The Balaban J connectivity index is 2.07. The van der Waals surface area contributed by atoms with Crippen LogP contribution in [0, 0.1) is 0 Å². The first-order valence-electron chi connectivity index (χ1n) is 10.3. The normalized spacial score (nSPS) is 14.7. The highest BCUT2D eigenvalue weighted by atomic mass is 16.5. The molecule has 1 aliphatic rings. The van der Waals surface area contributed by atoms with Crippen molar-refractivity contribution in [1.29, 1.82) is 0 Å². The Morgan fingerprint density at radius 2 is 1.74 bits per heavy atom. The van der Waals surface area contributed by atoms with Crippen LogP contribution in [0.2, 0.25) is 0 Å². The maximum Gasteiger partial charge on any atom is 0.241 e. The summed E-state index contributed by atoms with van der Waals surface area (Å²) in [7, 11) is 8.18. The number of hydrogen-bond acceptors (Lipinski definition) is 7. The van der Waals surface area contributed by atoms with Crippen molar-refractivity contribution in [2.45, 2.75) is 6.54 Å². The summed E-state index contributed by atoms with van der Waals surface area (Å²) >= 11 is 0. The molecular weight excluding hydrogens is 402 g/mol. The molecule has 0 unspecified atom stereocenters. The van der Waals surface area contributed by atoms with Gasteiger partial charge in [-0.25, -0.2) is 4.99 Å². The molecule has 2 N–H and O–H groups in total. The van der Waals surface area contributed by atoms with E-state index in [9.17, 15) is 4.79 Å². The minimum Gasteiger partial charge on any atom is -0.493 e. The minimum atomic E-state index is -0.0320. The van der Waals surface area contributed by atoms with E-state index in [1.807, 2.05) is 12.1 Å². The number of aliphatic imine (C=N–C) groups is 1. The summed E-state index contributed by atoms with van der Waals surface area (Å²) < 4.78 is 21.6. The highest BCUT2D eigenvalue weighted by molar-refractivity contribution is 5.86. The van der Waals surface area contributed by atoms with Crippen LogP contribution in [0.4, 0.5) is 0 Å². The van der Waals surface area contributed by atoms with Crippen LogP contribution in [0.5, 0.6) is 17.2 Å². The molecule has 1 saturated heterocycles. The Hall–Kier alpha value is -2.72. The van der Waals surface area contributed by atoms with Crippen LogP contribution in [0.3, 0.4) is 0 Å². The molecule has 1 aromatic rings. The van der Waals surface area contributed by atoms with Gasteiger partial charge in [-0.15, -0.1) is 0 Å². The molecule has 0 saturated carbocycles. The third-order valence-electron chi connectivity index (χ3n) is 4.87. The number of methoxy groups -OCH3 is 3. The third kappa shape index (κ3) is 7.80. The second-order valence-electron chi connectivity index (χ2n) is 7.22. The molecule has 0 aromatic heterocycles. The number of carbonyl (C=O) groups is 1. The topological polar surface area (TPSA) is 96.9 Å². The van der Waals surface area contributed by atoms with Crippen LogP contribution < -0.4 is 24.8 Å². The first-order chi connectivity index (χ1) is 15.0. The molecule has 1 heterocycles. The fraction of sp³-hybridized carbons (Fsp3) is 0.619. The average molecular weight is 438 g/mol. The Morgan fingerprint density at radius 1 is 1.10 bits per heavy atom. The lowest BCUT2D eigenvalue weighted by molar-refractivity contribution is -0.127. The molecule has 10 nitrogen and oxygen atoms in total. The molecule has 174 valence electrons. The fourth-order valence-corrected chi connectivity index (χ4v) is 3.05. The van der Waals surface area contributed by atoms with Gasteiger partial charge in [0.05, 0.1) is 47.6 Å². The highest BCUT2D eigenvalue weighted by Gasteiger charge is 2.14. The average Bonchev–Trinajstić information content (AvgIpc) is 2.79. The van der Waals surface area contributed by atoms with Crippen LogP contribution in [0.1, 0.15) is 5.56 Å². The van der Waals surface area contributed by atoms with Gasteiger partial charge in [-0.1, -0.05) is 0 Å². The van der Waals surface area contributed by atoms with Gasteiger partial charge in [-0.3, -0.25) is 9.69 Å². The SMILES string of the molecule is COc1cc(CN=C(NCCN2CCOCC2)NCC(=O)N(C)C)cc(OC)c1OC. The van der Waals surface area contributed by atoms with Crippen molar-refractivity contribution < 1.29 is 23.7 Å². The van der Waals surface area contributed by atoms with E-state index in [-0.39, 0.29) is 12.5 Å². The predicted molar refractivity (Wildman–Crippen MR) is 119 cm³/mol. The Morgan fingerprint density at radius 3 is 2.29 bits per heavy atom. The van der Waals surface area contributed by atoms with Gasteiger partial charge in [-0.05, 0) is 17.7 Å². The summed E-state index contributed by atoms with van der Waals surface area (Å²) in [6.45, 7) is 5.48. The van der Waals surface area contributed by atoms with Crippen LogP contribution in [0.15, 0.2) is 17.1 Å². The van der Waals surface area contributed by atoms with Crippen molar-refractivity contribution in [3.8, 4) is 17.2 Å². The van der Waals surface area contributed by atoms with Crippen molar-refractivity contribution in [2.24, 2.45) is 4.99 Å². The Kier molecular flexibility index (Phi) is 10.2. The van der Waals surface area contributed by atoms with Crippen LogP contribution in [-0.2, 0) is 16.1 Å². The summed E-state index contributed by atoms with van der Waals surface area (Å²) in [5, 5.41) is 6.42. The largest absolute Gasteiger partial charge is 0.493 e. The molecule has 0 spiro atoms. The standard InChI is InChI=1S/C21H35N5O5/c1-25(2)19(27)15-24-21(22-6-7-26-8-10-31-11-9-26)23-14-16-12-17(28-3)20(30-5)18(13-16)29-4/h12-13H,6-11,14-15H2,1-5H3,(H2,22,23,24). The molecule has 10 heteroatoms. The number of benzene rings is 1. The molecule has 2 rings (SSSR count). The van der Waals surface area contributed by atoms with E-state index in [2.05, 4.69) is 20.5 Å². The molecule has 1 fully saturated rings. The smallest absolute Gasteiger partial charge is 0.241 e. The van der Waals surface area contributed by atoms with Crippen LogP contribution >= 0.6 is 0 Å². The fourth-order valence-electron chi connectivity index (χ4n) is 3.05. The van der Waals surface area contributed by atoms with Crippen molar-refractivity contribution >= 4 is 11.9 Å². The zero-order valence-electron chi connectivity index (χ0n) is 19.2. The van der Waals surface area contributed by atoms with E-state index in [0.29, 0.717) is 36.3 Å². The van der Waals surface area contributed by atoms with Crippen molar-refractivity contribution in [3.05, 3.63) is 17.7 Å². The lowest BCUT2D eigenvalue weighted by Crippen LogP contribution is -2.46. The molecule has 1 aromatic carbocycles. The lowest BCUT2D eigenvalue weighted by Gasteiger charge is -2.26. The molecule has 1 amide bonds. The van der Waals surface area contributed by atoms with Gasteiger partial charge >= 0.3 is 0 Å². The molecular formula is C21H35N5O5. The molecule has 0 bridgehead atoms. The van der Waals surface area contributed by atoms with E-state index in [4.69, 9.17) is 18.9 Å². The number of carbonyl (C=O) groups excluding carboxylic acids is 1. The number of guanidine groups is 1. The van der Waals surface area contributed by atoms with Crippen LogP contribution in [0.25, 0.3) is 0 Å². The first kappa shape index (κ1) is 24.5. The van der Waals surface area contributed by atoms with Gasteiger partial charge in [0.1, 0.15) is 0 Å². The highest BCUT2D eigenvalue weighted by Crippen LogP contribution is 2.38. The number of hydrogen-bond donors (Lipinski definition) is 2. The van der Waals surface area contributed by atoms with E-state index < -0.39 is 0 Å². The van der Waals surface area contributed by atoms with E-state index in [1.54, 1.807) is 35.4 Å². The summed E-state index contributed by atoms with van der Waals surface area (Å²) in [6.07, 6.45) is 0. The Bertz CT molecular complexity index is 710. The number of ether oxygens (including phenoxy) is 4. The summed E-state index contributed by atoms with van der Waals surface area (Å²) in [4.78, 5) is 20.5. The van der Waals surface area contributed by atoms with E-state index in [0.717, 1.165) is 38.4 Å². The predicted octanol–water partition coefficient (Wildman–Crippen LogP) is 0.168.